The van der Waals surface area contributed by atoms with Crippen LogP contribution < -0.4 is 5.32 Å². The van der Waals surface area contributed by atoms with Gasteiger partial charge in [0.15, 0.2) is 5.78 Å². The van der Waals surface area contributed by atoms with E-state index in [0.717, 1.165) is 24.0 Å². The molecule has 1 aromatic carbocycles. The lowest BCUT2D eigenvalue weighted by molar-refractivity contribution is -0.143. The monoisotopic (exact) mass is 406 g/mol. The summed E-state index contributed by atoms with van der Waals surface area (Å²) in [4.78, 5) is 25.7. The molecule has 1 aliphatic heterocycles. The highest BCUT2D eigenvalue weighted by Crippen LogP contribution is 2.43. The number of rotatable bonds is 5. The van der Waals surface area contributed by atoms with E-state index in [-0.39, 0.29) is 40.9 Å². The number of hydrogen-bond donors (Lipinski definition) is 1. The first-order valence-corrected chi connectivity index (χ1v) is 12.4. The summed E-state index contributed by atoms with van der Waals surface area (Å²) in [7, 11) is -0.833. The normalized spacial score (nSPS) is 26.4. The first kappa shape index (κ1) is 20.6. The molecule has 1 aliphatic carbocycles. The molecule has 6 heteroatoms. The summed E-state index contributed by atoms with van der Waals surface area (Å²) >= 11 is 6.11. The molecule has 27 heavy (non-hydrogen) atoms. The van der Waals surface area contributed by atoms with Crippen LogP contribution in [0.4, 0.5) is 0 Å². The summed E-state index contributed by atoms with van der Waals surface area (Å²) < 4.78 is 5.99. The molecule has 0 spiro atoms. The maximum absolute atomic E-state index is 13.2. The first-order valence-electron chi connectivity index (χ1n) is 9.65. The van der Waals surface area contributed by atoms with Crippen LogP contribution in [0.15, 0.2) is 18.2 Å². The van der Waals surface area contributed by atoms with Gasteiger partial charge in [-0.3, -0.25) is 9.59 Å². The third kappa shape index (κ3) is 4.15. The highest BCUT2D eigenvalue weighted by atomic mass is 35.5. The third-order valence-electron chi connectivity index (χ3n) is 5.93. The number of benzene rings is 1. The Balaban J connectivity index is 1.84. The Kier molecular flexibility index (Phi) is 5.85. The van der Waals surface area contributed by atoms with E-state index in [1.54, 1.807) is 6.07 Å². The molecule has 1 amide bonds. The summed E-state index contributed by atoms with van der Waals surface area (Å²) in [5, 5.41) is 3.62. The minimum atomic E-state index is -0.833. The lowest BCUT2D eigenvalue weighted by Gasteiger charge is -2.49. The fourth-order valence-electron chi connectivity index (χ4n) is 4.33. The number of nitrogens with one attached hydrogen (secondary N) is 1. The predicted molar refractivity (Wildman–Crippen MR) is 109 cm³/mol. The molecule has 0 unspecified atom stereocenters. The summed E-state index contributed by atoms with van der Waals surface area (Å²) in [6.45, 7) is 11.2. The Morgan fingerprint density at radius 3 is 2.59 bits per heavy atom. The summed E-state index contributed by atoms with van der Waals surface area (Å²) in [5.41, 5.74) is 1.70. The number of hydrogen-bond acceptors (Lipinski definition) is 3. The topological polar surface area (TPSA) is 55.4 Å². The van der Waals surface area contributed by atoms with E-state index >= 15 is 0 Å². The Hall–Kier alpha value is -1.17. The Morgan fingerprint density at radius 1 is 1.30 bits per heavy atom. The summed E-state index contributed by atoms with van der Waals surface area (Å²) in [5.74, 6) is -0.116. The number of β-lactam (4-membered cyclic amide) rings is 1. The van der Waals surface area contributed by atoms with E-state index < -0.39 is 9.04 Å². The molecular formula is C21H29ClNO3Si. The molecular weight excluding hydrogens is 378 g/mol. The van der Waals surface area contributed by atoms with Crippen LogP contribution in [-0.2, 0) is 15.6 Å². The number of carbonyl (C=O) groups is 2. The molecule has 4 atom stereocenters. The molecule has 1 N–H and O–H groups in total. The Morgan fingerprint density at radius 2 is 2.00 bits per heavy atom. The maximum atomic E-state index is 13.2. The zero-order valence-electron chi connectivity index (χ0n) is 16.8. The van der Waals surface area contributed by atoms with Gasteiger partial charge in [0, 0.05) is 23.1 Å². The van der Waals surface area contributed by atoms with Gasteiger partial charge in [0.1, 0.15) is 0 Å². The van der Waals surface area contributed by atoms with Gasteiger partial charge < -0.3 is 9.74 Å². The van der Waals surface area contributed by atoms with Crippen molar-refractivity contribution >= 4 is 32.3 Å². The van der Waals surface area contributed by atoms with E-state index in [9.17, 15) is 9.59 Å². The number of aryl methyl sites for hydroxylation is 1. The molecule has 4 nitrogen and oxygen atoms in total. The smallest absolute Gasteiger partial charge is 0.225 e. The molecule has 1 saturated heterocycles. The van der Waals surface area contributed by atoms with E-state index in [4.69, 9.17) is 16.0 Å². The number of fused-ring (bicyclic) bond motifs is 1. The second kappa shape index (κ2) is 7.68. The van der Waals surface area contributed by atoms with Crippen molar-refractivity contribution in [2.24, 2.45) is 23.2 Å². The second-order valence-electron chi connectivity index (χ2n) is 9.06. The Bertz CT molecular complexity index is 743. The molecule has 1 aromatic rings. The molecule has 3 rings (SSSR count). The minimum Gasteiger partial charge on any atom is -0.417 e. The second-order valence-corrected chi connectivity index (χ2v) is 11.6. The average molecular weight is 407 g/mol. The van der Waals surface area contributed by atoms with Gasteiger partial charge in [-0.25, -0.2) is 0 Å². The number of halogens is 1. The molecule has 1 heterocycles. The molecule has 0 bridgehead atoms. The van der Waals surface area contributed by atoms with Crippen molar-refractivity contribution in [3.63, 3.8) is 0 Å². The van der Waals surface area contributed by atoms with Gasteiger partial charge in [-0.2, -0.15) is 0 Å². The van der Waals surface area contributed by atoms with Crippen LogP contribution in [0.25, 0.3) is 0 Å². The molecule has 0 saturated carbocycles. The van der Waals surface area contributed by atoms with Gasteiger partial charge in [0.05, 0.1) is 12.0 Å². The van der Waals surface area contributed by atoms with Crippen LogP contribution in [-0.4, -0.2) is 33.4 Å². The standard InChI is InChI=1S/C21H29ClNO3Si/c1-21(2,3)16(11-26-27(4)5)17-18(23-20(17)25)14-9-7-12-6-8-13(22)10-15(12)19(14)24/h6,8,10,14,16-18H,7,9,11H2,1-5H3,(H,23,25)/t14-,16+,17-,18+/m0/s1. The van der Waals surface area contributed by atoms with Crippen molar-refractivity contribution in [1.82, 2.24) is 5.32 Å². The van der Waals surface area contributed by atoms with E-state index in [1.807, 2.05) is 12.1 Å². The first-order chi connectivity index (χ1) is 12.6. The van der Waals surface area contributed by atoms with Crippen molar-refractivity contribution in [3.8, 4) is 0 Å². The predicted octanol–water partition coefficient (Wildman–Crippen LogP) is 4.13. The molecule has 2 aliphatic rings. The molecule has 1 radical (unpaired) electrons. The van der Waals surface area contributed by atoms with Crippen LogP contribution >= 0.6 is 11.6 Å². The van der Waals surface area contributed by atoms with Gasteiger partial charge in [0.2, 0.25) is 14.9 Å². The van der Waals surface area contributed by atoms with E-state index in [2.05, 4.69) is 39.2 Å². The summed E-state index contributed by atoms with van der Waals surface area (Å²) in [6.07, 6.45) is 1.61. The van der Waals surface area contributed by atoms with Gasteiger partial charge in [0.25, 0.3) is 0 Å². The fourth-order valence-corrected chi connectivity index (χ4v) is 5.02. The zero-order chi connectivity index (χ0) is 19.9. The SMILES string of the molecule is C[Si](C)OC[C@H]([C@@H]1C(=O)N[C@@H]1[C@@H]1CCc2ccc(Cl)cc2C1=O)C(C)(C)C. The van der Waals surface area contributed by atoms with Crippen LogP contribution in [0.1, 0.15) is 43.1 Å². The molecule has 147 valence electrons. The van der Waals surface area contributed by atoms with Gasteiger partial charge in [-0.05, 0) is 55.0 Å². The summed E-state index contributed by atoms with van der Waals surface area (Å²) in [6, 6.07) is 5.44. The lowest BCUT2D eigenvalue weighted by atomic mass is 9.62. The minimum absolute atomic E-state index is 0.0502. The fraction of sp³-hybridized carbons (Fsp3) is 0.619. The quantitative estimate of drug-likeness (QED) is 0.590. The largest absolute Gasteiger partial charge is 0.417 e. The van der Waals surface area contributed by atoms with Gasteiger partial charge >= 0.3 is 0 Å². The van der Waals surface area contributed by atoms with Crippen molar-refractivity contribution in [2.75, 3.05) is 6.61 Å². The average Bonchev–Trinajstić information content (AvgIpc) is 2.56. The number of ketones is 1. The lowest BCUT2D eigenvalue weighted by Crippen LogP contribution is -2.67. The van der Waals surface area contributed by atoms with Gasteiger partial charge in [-0.15, -0.1) is 0 Å². The number of amides is 1. The molecule has 1 fully saturated rings. The number of Topliss-reactive ketones (excluding diaryl/α,β-unsaturated/α-hetero) is 1. The van der Waals surface area contributed by atoms with Crippen molar-refractivity contribution in [2.45, 2.75) is 52.7 Å². The van der Waals surface area contributed by atoms with Crippen LogP contribution in [0.2, 0.25) is 18.1 Å². The zero-order valence-corrected chi connectivity index (χ0v) is 18.5. The van der Waals surface area contributed by atoms with Crippen molar-refractivity contribution < 1.29 is 14.0 Å². The van der Waals surface area contributed by atoms with Crippen LogP contribution in [0, 0.1) is 23.2 Å². The molecule has 0 aromatic heterocycles. The van der Waals surface area contributed by atoms with Crippen LogP contribution in [0.5, 0.6) is 0 Å². The van der Waals surface area contributed by atoms with E-state index in [0.29, 0.717) is 11.6 Å². The Labute approximate surface area is 168 Å². The van der Waals surface area contributed by atoms with Gasteiger partial charge in [-0.1, -0.05) is 38.4 Å². The van der Waals surface area contributed by atoms with Crippen molar-refractivity contribution in [3.05, 3.63) is 34.3 Å². The van der Waals surface area contributed by atoms with E-state index in [1.165, 1.54) is 0 Å². The highest BCUT2D eigenvalue weighted by Gasteiger charge is 2.53. The van der Waals surface area contributed by atoms with Crippen molar-refractivity contribution in [1.29, 1.82) is 0 Å². The highest BCUT2D eigenvalue weighted by molar-refractivity contribution is 6.48. The number of carbonyl (C=O) groups excluding carboxylic acids is 2. The maximum Gasteiger partial charge on any atom is 0.225 e. The van der Waals surface area contributed by atoms with Crippen LogP contribution in [0.3, 0.4) is 0 Å². The third-order valence-corrected chi connectivity index (χ3v) is 6.91.